The lowest BCUT2D eigenvalue weighted by molar-refractivity contribution is 0.878. The van der Waals surface area contributed by atoms with Crippen LogP contribution in [0, 0.1) is 20.8 Å². The number of thioether (sulfide) groups is 1. The lowest BCUT2D eigenvalue weighted by Gasteiger charge is -2.12. The summed E-state index contributed by atoms with van der Waals surface area (Å²) in [5, 5.41) is 0.795. The average Bonchev–Trinajstić information content (AvgIpc) is 2.45. The molecule has 5 heteroatoms. The second-order valence-electron chi connectivity index (χ2n) is 4.77. The fourth-order valence-electron chi connectivity index (χ4n) is 2.02. The van der Waals surface area contributed by atoms with E-state index in [0.717, 1.165) is 32.8 Å². The van der Waals surface area contributed by atoms with E-state index >= 15 is 0 Å². The summed E-state index contributed by atoms with van der Waals surface area (Å²) < 4.78 is 0. The highest BCUT2D eigenvalue weighted by atomic mass is 32.2. The van der Waals surface area contributed by atoms with Gasteiger partial charge in [-0.05, 0) is 61.5 Å². The third-order valence-corrected chi connectivity index (χ3v) is 5.36. The molecule has 0 unspecified atom stereocenters. The van der Waals surface area contributed by atoms with E-state index in [2.05, 4.69) is 42.0 Å². The van der Waals surface area contributed by atoms with Gasteiger partial charge in [-0.15, -0.1) is 11.8 Å². The Kier molecular flexibility index (Phi) is 5.67. The first kappa shape index (κ1) is 16.3. The predicted octanol–water partition coefficient (Wildman–Crippen LogP) is 4.12. The molecule has 0 saturated carbocycles. The molecular formula is C16H21N3S2. The van der Waals surface area contributed by atoms with Gasteiger partial charge in [0.05, 0.1) is 0 Å². The Morgan fingerprint density at radius 2 is 1.67 bits per heavy atom. The molecular weight excluding hydrogens is 298 g/mol. The van der Waals surface area contributed by atoms with Gasteiger partial charge < -0.3 is 5.73 Å². The molecule has 3 nitrogen and oxygen atoms in total. The number of benzene rings is 1. The van der Waals surface area contributed by atoms with Gasteiger partial charge in [0.1, 0.15) is 0 Å². The molecule has 0 spiro atoms. The van der Waals surface area contributed by atoms with Gasteiger partial charge in [0.15, 0.2) is 5.16 Å². The van der Waals surface area contributed by atoms with Crippen LogP contribution in [0.15, 0.2) is 33.1 Å². The zero-order valence-corrected chi connectivity index (χ0v) is 14.6. The molecule has 1 heterocycles. The maximum absolute atomic E-state index is 5.95. The summed E-state index contributed by atoms with van der Waals surface area (Å²) in [7, 11) is 0. The van der Waals surface area contributed by atoms with Crippen LogP contribution >= 0.6 is 23.5 Å². The summed E-state index contributed by atoms with van der Waals surface area (Å²) in [6.45, 7) is 8.81. The van der Waals surface area contributed by atoms with Crippen molar-refractivity contribution < 1.29 is 0 Å². The van der Waals surface area contributed by atoms with E-state index in [1.807, 2.05) is 25.6 Å². The molecule has 21 heavy (non-hydrogen) atoms. The highest BCUT2D eigenvalue weighted by Gasteiger charge is 2.11. The number of aryl methyl sites for hydroxylation is 2. The molecule has 0 radical (unpaired) electrons. The van der Waals surface area contributed by atoms with Gasteiger partial charge in [0.2, 0.25) is 0 Å². The number of rotatable bonds is 5. The second kappa shape index (κ2) is 7.29. The van der Waals surface area contributed by atoms with Crippen molar-refractivity contribution >= 4 is 23.5 Å². The molecule has 2 rings (SSSR count). The number of nitrogens with zero attached hydrogens (tertiary/aromatic N) is 2. The lowest BCUT2D eigenvalue weighted by Crippen LogP contribution is -2.02. The molecule has 0 fully saturated rings. The van der Waals surface area contributed by atoms with E-state index in [1.165, 1.54) is 10.5 Å². The molecule has 0 bridgehead atoms. The van der Waals surface area contributed by atoms with Gasteiger partial charge in [-0.2, -0.15) is 0 Å². The SMILES string of the molecule is CCSc1cccc(Sc2nc(C)c(C)c(C)n2)c1CN. The number of nitrogens with two attached hydrogens (primary N) is 1. The third-order valence-electron chi connectivity index (χ3n) is 3.41. The van der Waals surface area contributed by atoms with Crippen molar-refractivity contribution in [2.45, 2.75) is 49.2 Å². The fourth-order valence-corrected chi connectivity index (χ4v) is 3.96. The van der Waals surface area contributed by atoms with Crippen LogP contribution < -0.4 is 5.73 Å². The van der Waals surface area contributed by atoms with Crippen LogP contribution in [0.5, 0.6) is 0 Å². The molecule has 2 N–H and O–H groups in total. The van der Waals surface area contributed by atoms with Gasteiger partial charge in [-0.25, -0.2) is 9.97 Å². The van der Waals surface area contributed by atoms with E-state index in [1.54, 1.807) is 11.8 Å². The van der Waals surface area contributed by atoms with E-state index in [-0.39, 0.29) is 0 Å². The van der Waals surface area contributed by atoms with Crippen molar-refractivity contribution in [1.29, 1.82) is 0 Å². The Morgan fingerprint density at radius 1 is 1.05 bits per heavy atom. The Bertz CT molecular complexity index is 618. The normalized spacial score (nSPS) is 10.9. The zero-order valence-electron chi connectivity index (χ0n) is 12.9. The molecule has 0 amide bonds. The fraction of sp³-hybridized carbons (Fsp3) is 0.375. The van der Waals surface area contributed by atoms with Crippen LogP contribution in [0.2, 0.25) is 0 Å². The van der Waals surface area contributed by atoms with Crippen LogP contribution in [0.4, 0.5) is 0 Å². The van der Waals surface area contributed by atoms with Gasteiger partial charge in [0, 0.05) is 27.7 Å². The summed E-state index contributed by atoms with van der Waals surface area (Å²) in [4.78, 5) is 11.6. The minimum atomic E-state index is 0.537. The molecule has 0 atom stereocenters. The lowest BCUT2D eigenvalue weighted by atomic mass is 10.2. The Hall–Kier alpha value is -1.04. The standard InChI is InChI=1S/C16H21N3S2/c1-5-20-14-7-6-8-15(13(14)9-17)21-16-18-11(3)10(2)12(4)19-16/h6-8H,5,9,17H2,1-4H3. The minimum absolute atomic E-state index is 0.537. The first-order valence-corrected chi connectivity index (χ1v) is 8.81. The largest absolute Gasteiger partial charge is 0.326 e. The first-order valence-electron chi connectivity index (χ1n) is 7.01. The molecule has 0 aliphatic heterocycles. The Labute approximate surface area is 135 Å². The molecule has 112 valence electrons. The molecule has 0 aliphatic carbocycles. The summed E-state index contributed by atoms with van der Waals surface area (Å²) in [6, 6.07) is 6.31. The van der Waals surface area contributed by atoms with Crippen molar-refractivity contribution in [3.8, 4) is 0 Å². The maximum Gasteiger partial charge on any atom is 0.192 e. The second-order valence-corrected chi connectivity index (χ2v) is 7.09. The van der Waals surface area contributed by atoms with Crippen LogP contribution in [0.3, 0.4) is 0 Å². The smallest absolute Gasteiger partial charge is 0.192 e. The highest BCUT2D eigenvalue weighted by molar-refractivity contribution is 8.00. The van der Waals surface area contributed by atoms with Gasteiger partial charge in [-0.3, -0.25) is 0 Å². The van der Waals surface area contributed by atoms with Gasteiger partial charge in [-0.1, -0.05) is 13.0 Å². The van der Waals surface area contributed by atoms with Gasteiger partial charge in [0.25, 0.3) is 0 Å². The highest BCUT2D eigenvalue weighted by Crippen LogP contribution is 2.34. The van der Waals surface area contributed by atoms with Crippen molar-refractivity contribution in [3.63, 3.8) is 0 Å². The van der Waals surface area contributed by atoms with Crippen molar-refractivity contribution in [2.75, 3.05) is 5.75 Å². The first-order chi connectivity index (χ1) is 10.1. The Balaban J connectivity index is 2.37. The van der Waals surface area contributed by atoms with E-state index < -0.39 is 0 Å². The quantitative estimate of drug-likeness (QED) is 0.663. The van der Waals surface area contributed by atoms with Crippen LogP contribution in [0.25, 0.3) is 0 Å². The van der Waals surface area contributed by atoms with E-state index in [0.29, 0.717) is 6.54 Å². The summed E-state index contributed by atoms with van der Waals surface area (Å²) in [6.07, 6.45) is 0. The van der Waals surface area contributed by atoms with Crippen molar-refractivity contribution in [1.82, 2.24) is 9.97 Å². The molecule has 0 aliphatic rings. The van der Waals surface area contributed by atoms with Crippen LogP contribution in [-0.2, 0) is 6.54 Å². The van der Waals surface area contributed by atoms with Crippen LogP contribution in [0.1, 0.15) is 29.4 Å². The topological polar surface area (TPSA) is 51.8 Å². The summed E-state index contributed by atoms with van der Waals surface area (Å²) in [5.74, 6) is 1.04. The molecule has 1 aromatic heterocycles. The zero-order chi connectivity index (χ0) is 15.4. The average molecular weight is 319 g/mol. The summed E-state index contributed by atoms with van der Waals surface area (Å²) >= 11 is 3.43. The Morgan fingerprint density at radius 3 is 2.24 bits per heavy atom. The molecule has 0 saturated heterocycles. The molecule has 2 aromatic rings. The number of hydrogen-bond acceptors (Lipinski definition) is 5. The maximum atomic E-state index is 5.95. The third kappa shape index (κ3) is 3.78. The molecule has 1 aromatic carbocycles. The monoisotopic (exact) mass is 319 g/mol. The predicted molar refractivity (Wildman–Crippen MR) is 91.1 cm³/mol. The minimum Gasteiger partial charge on any atom is -0.326 e. The summed E-state index contributed by atoms with van der Waals surface area (Å²) in [5.41, 5.74) is 10.4. The van der Waals surface area contributed by atoms with Gasteiger partial charge >= 0.3 is 0 Å². The number of aromatic nitrogens is 2. The van der Waals surface area contributed by atoms with Crippen LogP contribution in [-0.4, -0.2) is 15.7 Å². The van der Waals surface area contributed by atoms with Crippen molar-refractivity contribution in [3.05, 3.63) is 40.7 Å². The van der Waals surface area contributed by atoms with Crippen molar-refractivity contribution in [2.24, 2.45) is 5.73 Å². The van der Waals surface area contributed by atoms with E-state index in [9.17, 15) is 0 Å². The van der Waals surface area contributed by atoms with E-state index in [4.69, 9.17) is 5.73 Å². The number of hydrogen-bond donors (Lipinski definition) is 1.